The van der Waals surface area contributed by atoms with Crippen LogP contribution in [-0.4, -0.2) is 31.3 Å². The van der Waals surface area contributed by atoms with Gasteiger partial charge in [0.1, 0.15) is 6.04 Å². The maximum absolute atomic E-state index is 11.0. The van der Waals surface area contributed by atoms with Gasteiger partial charge in [-0.3, -0.25) is 4.79 Å². The van der Waals surface area contributed by atoms with Crippen LogP contribution < -0.4 is 5.73 Å². The van der Waals surface area contributed by atoms with Gasteiger partial charge in [-0.25, -0.2) is 0 Å². The van der Waals surface area contributed by atoms with Gasteiger partial charge in [-0.1, -0.05) is 0 Å². The predicted molar refractivity (Wildman–Crippen MR) is 48.2 cm³/mol. The molecule has 76 valence electrons. The molecule has 0 radical (unpaired) electrons. The van der Waals surface area contributed by atoms with Gasteiger partial charge in [0, 0.05) is 0 Å². The van der Waals surface area contributed by atoms with Crippen LogP contribution in [0.5, 0.6) is 0 Å². The molecule has 0 heterocycles. The summed E-state index contributed by atoms with van der Waals surface area (Å²) in [7, 11) is 0. The van der Waals surface area contributed by atoms with Crippen molar-refractivity contribution in [1.29, 1.82) is 0 Å². The summed E-state index contributed by atoms with van der Waals surface area (Å²) in [4.78, 5) is 11.0. The second kappa shape index (κ2) is 5.19. The molecule has 0 aromatic carbocycles. The molecule has 1 aliphatic carbocycles. The SMILES string of the molecule is CCOC(=O)C(N)COC1CCC1. The van der Waals surface area contributed by atoms with Crippen LogP contribution in [0.15, 0.2) is 0 Å². The summed E-state index contributed by atoms with van der Waals surface area (Å²) in [6, 6.07) is -0.624. The number of ether oxygens (including phenoxy) is 2. The number of hydrogen-bond acceptors (Lipinski definition) is 4. The van der Waals surface area contributed by atoms with Crippen LogP contribution in [0.1, 0.15) is 26.2 Å². The Hall–Kier alpha value is -0.610. The molecule has 0 bridgehead atoms. The van der Waals surface area contributed by atoms with Crippen LogP contribution in [0.4, 0.5) is 0 Å². The van der Waals surface area contributed by atoms with Crippen LogP contribution >= 0.6 is 0 Å². The maximum atomic E-state index is 11.0. The minimum absolute atomic E-state index is 0.281. The molecule has 0 aliphatic heterocycles. The number of nitrogens with two attached hydrogens (primary N) is 1. The minimum Gasteiger partial charge on any atom is -0.465 e. The van der Waals surface area contributed by atoms with Crippen molar-refractivity contribution in [2.24, 2.45) is 5.73 Å². The highest BCUT2D eigenvalue weighted by molar-refractivity contribution is 5.75. The van der Waals surface area contributed by atoms with Crippen molar-refractivity contribution in [3.05, 3.63) is 0 Å². The van der Waals surface area contributed by atoms with Gasteiger partial charge in [-0.2, -0.15) is 0 Å². The van der Waals surface area contributed by atoms with Crippen molar-refractivity contribution in [2.75, 3.05) is 13.2 Å². The summed E-state index contributed by atoms with van der Waals surface area (Å²) in [5, 5.41) is 0. The molecule has 13 heavy (non-hydrogen) atoms. The van der Waals surface area contributed by atoms with Gasteiger partial charge < -0.3 is 15.2 Å². The van der Waals surface area contributed by atoms with Crippen LogP contribution in [0.3, 0.4) is 0 Å². The molecule has 1 saturated carbocycles. The van der Waals surface area contributed by atoms with E-state index in [4.69, 9.17) is 15.2 Å². The Morgan fingerprint density at radius 1 is 1.62 bits per heavy atom. The lowest BCUT2D eigenvalue weighted by Gasteiger charge is -2.26. The van der Waals surface area contributed by atoms with Crippen molar-refractivity contribution in [1.82, 2.24) is 0 Å². The fraction of sp³-hybridized carbons (Fsp3) is 0.889. The van der Waals surface area contributed by atoms with Crippen molar-refractivity contribution in [2.45, 2.75) is 38.3 Å². The van der Waals surface area contributed by atoms with E-state index in [0.29, 0.717) is 12.7 Å². The lowest BCUT2D eigenvalue weighted by Crippen LogP contribution is -2.39. The highest BCUT2D eigenvalue weighted by Crippen LogP contribution is 2.21. The minimum atomic E-state index is -0.624. The van der Waals surface area contributed by atoms with Crippen LogP contribution in [0.25, 0.3) is 0 Å². The Labute approximate surface area is 78.4 Å². The van der Waals surface area contributed by atoms with Crippen LogP contribution in [0.2, 0.25) is 0 Å². The van der Waals surface area contributed by atoms with Gasteiger partial charge >= 0.3 is 5.97 Å². The maximum Gasteiger partial charge on any atom is 0.325 e. The monoisotopic (exact) mass is 187 g/mol. The molecule has 4 heteroatoms. The first-order chi connectivity index (χ1) is 6.24. The van der Waals surface area contributed by atoms with E-state index in [1.165, 1.54) is 6.42 Å². The summed E-state index contributed by atoms with van der Waals surface area (Å²) >= 11 is 0. The lowest BCUT2D eigenvalue weighted by molar-refractivity contribution is -0.147. The summed E-state index contributed by atoms with van der Waals surface area (Å²) in [6.45, 7) is 2.41. The fourth-order valence-corrected chi connectivity index (χ4v) is 1.09. The molecule has 1 atom stereocenters. The zero-order valence-corrected chi connectivity index (χ0v) is 7.99. The highest BCUT2D eigenvalue weighted by Gasteiger charge is 2.21. The van der Waals surface area contributed by atoms with Crippen molar-refractivity contribution < 1.29 is 14.3 Å². The normalized spacial score (nSPS) is 19.2. The quantitative estimate of drug-likeness (QED) is 0.635. The Morgan fingerprint density at radius 3 is 2.77 bits per heavy atom. The Bertz CT molecular complexity index is 168. The van der Waals surface area contributed by atoms with Gasteiger partial charge in [0.15, 0.2) is 0 Å². The predicted octanol–water partition coefficient (Wildman–Crippen LogP) is 0.446. The molecule has 0 aromatic heterocycles. The number of rotatable bonds is 5. The summed E-state index contributed by atoms with van der Waals surface area (Å²) in [6.07, 6.45) is 3.73. The molecule has 0 saturated heterocycles. The number of carbonyl (C=O) groups excluding carboxylic acids is 1. The first kappa shape index (κ1) is 10.5. The molecular formula is C9H17NO3. The van der Waals surface area contributed by atoms with Crippen LogP contribution in [-0.2, 0) is 14.3 Å². The average molecular weight is 187 g/mol. The molecular weight excluding hydrogens is 170 g/mol. The zero-order chi connectivity index (χ0) is 9.68. The van der Waals surface area contributed by atoms with Gasteiger partial charge in [0.25, 0.3) is 0 Å². The van der Waals surface area contributed by atoms with E-state index in [2.05, 4.69) is 0 Å². The van der Waals surface area contributed by atoms with Gasteiger partial charge in [0.2, 0.25) is 0 Å². The molecule has 0 spiro atoms. The second-order valence-corrected chi connectivity index (χ2v) is 3.24. The first-order valence-corrected chi connectivity index (χ1v) is 4.78. The summed E-state index contributed by atoms with van der Waals surface area (Å²) < 4.78 is 10.1. The van der Waals surface area contributed by atoms with Gasteiger partial charge in [0.05, 0.1) is 19.3 Å². The van der Waals surface area contributed by atoms with E-state index < -0.39 is 6.04 Å². The molecule has 0 amide bonds. The largest absolute Gasteiger partial charge is 0.465 e. The molecule has 4 nitrogen and oxygen atoms in total. The van der Waals surface area contributed by atoms with Crippen LogP contribution in [0, 0.1) is 0 Å². The summed E-state index contributed by atoms with van der Waals surface area (Å²) in [5.74, 6) is -0.373. The standard InChI is InChI=1S/C9H17NO3/c1-2-12-9(11)8(10)6-13-7-4-3-5-7/h7-8H,2-6,10H2,1H3. The number of esters is 1. The number of carbonyl (C=O) groups is 1. The van der Waals surface area contributed by atoms with E-state index in [-0.39, 0.29) is 12.6 Å². The first-order valence-electron chi connectivity index (χ1n) is 4.78. The van der Waals surface area contributed by atoms with E-state index in [1.54, 1.807) is 6.92 Å². The third kappa shape index (κ3) is 3.32. The molecule has 1 fully saturated rings. The second-order valence-electron chi connectivity index (χ2n) is 3.24. The van der Waals surface area contributed by atoms with E-state index in [9.17, 15) is 4.79 Å². The zero-order valence-electron chi connectivity index (χ0n) is 7.99. The Morgan fingerprint density at radius 2 is 2.31 bits per heavy atom. The molecule has 2 N–H and O–H groups in total. The topological polar surface area (TPSA) is 61.5 Å². The average Bonchev–Trinajstić information content (AvgIpc) is 2.01. The summed E-state index contributed by atoms with van der Waals surface area (Å²) in [5.41, 5.74) is 5.53. The van der Waals surface area contributed by atoms with Gasteiger partial charge in [-0.05, 0) is 26.2 Å². The Kier molecular flexibility index (Phi) is 4.18. The number of hydrogen-bond donors (Lipinski definition) is 1. The molecule has 1 unspecified atom stereocenters. The Balaban J connectivity index is 2.08. The smallest absolute Gasteiger partial charge is 0.325 e. The molecule has 1 rings (SSSR count). The van der Waals surface area contributed by atoms with Crippen molar-refractivity contribution >= 4 is 5.97 Å². The lowest BCUT2D eigenvalue weighted by atomic mass is 9.96. The molecule has 1 aliphatic rings. The van der Waals surface area contributed by atoms with Gasteiger partial charge in [-0.15, -0.1) is 0 Å². The van der Waals surface area contributed by atoms with E-state index in [0.717, 1.165) is 12.8 Å². The highest BCUT2D eigenvalue weighted by atomic mass is 16.5. The van der Waals surface area contributed by atoms with Crippen molar-refractivity contribution in [3.63, 3.8) is 0 Å². The van der Waals surface area contributed by atoms with E-state index >= 15 is 0 Å². The third-order valence-corrected chi connectivity index (χ3v) is 2.15. The van der Waals surface area contributed by atoms with E-state index in [1.807, 2.05) is 0 Å². The van der Waals surface area contributed by atoms with Crippen molar-refractivity contribution in [3.8, 4) is 0 Å². The fourth-order valence-electron chi connectivity index (χ4n) is 1.09. The molecule has 0 aromatic rings. The third-order valence-electron chi connectivity index (χ3n) is 2.15.